The van der Waals surface area contributed by atoms with Crippen LogP contribution in [0.2, 0.25) is 0 Å². The number of thiazole rings is 1. The van der Waals surface area contributed by atoms with Crippen LogP contribution in [-0.4, -0.2) is 54.1 Å². The van der Waals surface area contributed by atoms with Gasteiger partial charge in [-0.1, -0.05) is 20.8 Å². The van der Waals surface area contributed by atoms with E-state index in [0.29, 0.717) is 0 Å². The van der Waals surface area contributed by atoms with E-state index in [4.69, 9.17) is 0 Å². The van der Waals surface area contributed by atoms with Crippen molar-refractivity contribution in [3.8, 4) is 0 Å². The van der Waals surface area contributed by atoms with Gasteiger partial charge < -0.3 is 5.32 Å². The maximum absolute atomic E-state index is 13.0. The van der Waals surface area contributed by atoms with Gasteiger partial charge in [0.1, 0.15) is 5.54 Å². The average Bonchev–Trinajstić information content (AvgIpc) is 2.90. The lowest BCUT2D eigenvalue weighted by Gasteiger charge is -2.49. The number of anilines is 1. The summed E-state index contributed by atoms with van der Waals surface area (Å²) in [6.07, 6.45) is 1.92. The molecule has 1 atom stereocenters. The summed E-state index contributed by atoms with van der Waals surface area (Å²) in [6, 6.07) is 0. The predicted octanol–water partition coefficient (Wildman–Crippen LogP) is 1.45. The lowest BCUT2D eigenvalue weighted by Crippen LogP contribution is -2.71. The van der Waals surface area contributed by atoms with Crippen molar-refractivity contribution in [2.45, 2.75) is 38.6 Å². The van der Waals surface area contributed by atoms with Crippen molar-refractivity contribution in [2.75, 3.05) is 37.6 Å². The number of nitrogens with one attached hydrogen (secondary N) is 1. The zero-order valence-electron chi connectivity index (χ0n) is 13.3. The van der Waals surface area contributed by atoms with Crippen LogP contribution in [0.5, 0.6) is 0 Å². The number of hydrogen-bond donors (Lipinski definition) is 1. The van der Waals surface area contributed by atoms with E-state index in [1.807, 2.05) is 18.0 Å². The van der Waals surface area contributed by atoms with Crippen LogP contribution in [0.3, 0.4) is 0 Å². The maximum atomic E-state index is 13.0. The van der Waals surface area contributed by atoms with Crippen molar-refractivity contribution in [3.05, 3.63) is 11.1 Å². The van der Waals surface area contributed by atoms with Gasteiger partial charge in [0, 0.05) is 43.8 Å². The molecule has 2 fully saturated rings. The summed E-state index contributed by atoms with van der Waals surface area (Å²) in [7, 11) is 0. The van der Waals surface area contributed by atoms with Crippen LogP contribution in [0.4, 0.5) is 5.13 Å². The number of aromatic nitrogens is 1. The Labute approximate surface area is 130 Å². The summed E-state index contributed by atoms with van der Waals surface area (Å²) in [5.74, 6) is 0.177. The molecule has 0 unspecified atom stereocenters. The van der Waals surface area contributed by atoms with E-state index >= 15 is 0 Å². The molecule has 5 nitrogen and oxygen atoms in total. The van der Waals surface area contributed by atoms with Crippen molar-refractivity contribution in [1.29, 1.82) is 0 Å². The molecule has 1 aromatic rings. The summed E-state index contributed by atoms with van der Waals surface area (Å²) in [5, 5.41) is 4.19. The number of carbonyl (C=O) groups excluding carboxylic acids is 1. The van der Waals surface area contributed by atoms with Crippen molar-refractivity contribution in [3.63, 3.8) is 0 Å². The van der Waals surface area contributed by atoms with Crippen LogP contribution in [-0.2, 0) is 10.2 Å². The van der Waals surface area contributed by atoms with Gasteiger partial charge in [-0.05, 0) is 12.3 Å². The number of amides is 1. The van der Waals surface area contributed by atoms with Crippen LogP contribution in [0.1, 0.15) is 32.6 Å². The second kappa shape index (κ2) is 5.04. The predicted molar refractivity (Wildman–Crippen MR) is 86.0 cm³/mol. The zero-order chi connectivity index (χ0) is 15.3. The first-order valence-corrected chi connectivity index (χ1v) is 8.38. The van der Waals surface area contributed by atoms with Crippen molar-refractivity contribution in [1.82, 2.24) is 15.2 Å². The molecule has 3 rings (SSSR count). The Morgan fingerprint density at radius 2 is 2.10 bits per heavy atom. The highest BCUT2D eigenvalue weighted by Gasteiger charge is 2.47. The highest BCUT2D eigenvalue weighted by molar-refractivity contribution is 7.15. The fourth-order valence-corrected chi connectivity index (χ4v) is 4.00. The van der Waals surface area contributed by atoms with Crippen molar-refractivity contribution in [2.24, 2.45) is 0 Å². The molecule has 116 valence electrons. The van der Waals surface area contributed by atoms with E-state index in [9.17, 15) is 4.79 Å². The summed E-state index contributed by atoms with van der Waals surface area (Å²) in [6.45, 7) is 12.9. The molecule has 3 heterocycles. The Hall–Kier alpha value is -0.980. The van der Waals surface area contributed by atoms with Crippen LogP contribution < -0.4 is 10.2 Å². The molecule has 1 aromatic heterocycles. The van der Waals surface area contributed by atoms with Crippen LogP contribution in [0.15, 0.2) is 6.20 Å². The Morgan fingerprint density at radius 3 is 2.76 bits per heavy atom. The minimum absolute atomic E-state index is 0.0804. The van der Waals surface area contributed by atoms with E-state index < -0.39 is 5.54 Å². The quantitative estimate of drug-likeness (QED) is 0.853. The number of piperazine rings is 2. The smallest absolute Gasteiger partial charge is 0.250 e. The third-order valence-corrected chi connectivity index (χ3v) is 5.93. The molecule has 2 saturated heterocycles. The summed E-state index contributed by atoms with van der Waals surface area (Å²) in [4.78, 5) is 22.9. The maximum Gasteiger partial charge on any atom is 0.250 e. The van der Waals surface area contributed by atoms with Gasteiger partial charge in [0.25, 0.3) is 0 Å². The molecule has 0 saturated carbocycles. The molecular weight excluding hydrogens is 284 g/mol. The lowest BCUT2D eigenvalue weighted by molar-refractivity contribution is -0.133. The van der Waals surface area contributed by atoms with Gasteiger partial charge in [-0.3, -0.25) is 14.6 Å². The molecule has 6 heteroatoms. The average molecular weight is 308 g/mol. The summed E-state index contributed by atoms with van der Waals surface area (Å²) >= 11 is 1.64. The Morgan fingerprint density at radius 1 is 1.33 bits per heavy atom. The van der Waals surface area contributed by atoms with Gasteiger partial charge in [0.15, 0.2) is 5.13 Å². The van der Waals surface area contributed by atoms with E-state index in [0.717, 1.165) is 37.9 Å². The van der Waals surface area contributed by atoms with Gasteiger partial charge in [0.2, 0.25) is 5.91 Å². The number of nitrogens with zero attached hydrogens (tertiary/aromatic N) is 3. The molecule has 21 heavy (non-hydrogen) atoms. The zero-order valence-corrected chi connectivity index (χ0v) is 14.1. The van der Waals surface area contributed by atoms with Crippen LogP contribution >= 0.6 is 11.3 Å². The Bertz CT molecular complexity index is 550. The molecule has 0 bridgehead atoms. The largest absolute Gasteiger partial charge is 0.313 e. The number of carbonyl (C=O) groups is 1. The highest BCUT2D eigenvalue weighted by Crippen LogP contribution is 2.35. The number of hydrogen-bond acceptors (Lipinski definition) is 5. The monoisotopic (exact) mass is 308 g/mol. The topological polar surface area (TPSA) is 48.5 Å². The normalized spacial score (nSPS) is 27.8. The first kappa shape index (κ1) is 14.9. The molecule has 1 amide bonds. The number of fused-ring (bicyclic) bond motifs is 1. The van der Waals surface area contributed by atoms with Crippen molar-refractivity contribution < 1.29 is 4.79 Å². The summed E-state index contributed by atoms with van der Waals surface area (Å²) < 4.78 is 0. The highest BCUT2D eigenvalue weighted by atomic mass is 32.1. The van der Waals surface area contributed by atoms with Gasteiger partial charge in [-0.15, -0.1) is 11.3 Å². The molecule has 0 radical (unpaired) electrons. The lowest BCUT2D eigenvalue weighted by atomic mass is 9.93. The SMILES string of the molecule is CC(C)(C)c1cnc(N2CCN3CCNC[C@@]3(C)C2=O)s1. The standard InChI is InChI=1S/C15H24N4OS/c1-14(2,3)11-9-17-13(21-11)19-8-7-18-6-5-16-10-15(18,4)12(19)20/h9,16H,5-8,10H2,1-4H3/t15-/m0/s1. The number of rotatable bonds is 1. The third-order valence-electron chi connectivity index (χ3n) is 4.49. The fourth-order valence-electron chi connectivity index (χ4n) is 3.01. The summed E-state index contributed by atoms with van der Waals surface area (Å²) in [5.41, 5.74) is -0.346. The first-order chi connectivity index (χ1) is 9.82. The second-order valence-corrected chi connectivity index (χ2v) is 8.16. The van der Waals surface area contributed by atoms with E-state index in [2.05, 4.69) is 36.0 Å². The van der Waals surface area contributed by atoms with Crippen LogP contribution in [0.25, 0.3) is 0 Å². The molecular formula is C15H24N4OS. The van der Waals surface area contributed by atoms with Gasteiger partial charge >= 0.3 is 0 Å². The minimum atomic E-state index is -0.427. The van der Waals surface area contributed by atoms with Gasteiger partial charge in [0.05, 0.1) is 0 Å². The second-order valence-electron chi connectivity index (χ2n) is 7.15. The van der Waals surface area contributed by atoms with Crippen LogP contribution in [0, 0.1) is 0 Å². The van der Waals surface area contributed by atoms with E-state index in [-0.39, 0.29) is 11.3 Å². The molecule has 0 aromatic carbocycles. The van der Waals surface area contributed by atoms with E-state index in [1.54, 1.807) is 11.3 Å². The van der Waals surface area contributed by atoms with Crippen molar-refractivity contribution >= 4 is 22.4 Å². The molecule has 2 aliphatic heterocycles. The van der Waals surface area contributed by atoms with Gasteiger partial charge in [-0.25, -0.2) is 4.98 Å². The molecule has 1 N–H and O–H groups in total. The Kier molecular flexibility index (Phi) is 3.58. The molecule has 0 spiro atoms. The van der Waals surface area contributed by atoms with E-state index in [1.165, 1.54) is 4.88 Å². The first-order valence-electron chi connectivity index (χ1n) is 7.56. The third kappa shape index (κ3) is 2.49. The fraction of sp³-hybridized carbons (Fsp3) is 0.733. The molecule has 0 aliphatic carbocycles. The Balaban J connectivity index is 1.86. The minimum Gasteiger partial charge on any atom is -0.313 e. The van der Waals surface area contributed by atoms with Gasteiger partial charge in [-0.2, -0.15) is 0 Å². The molecule has 2 aliphatic rings.